The molecule has 0 spiro atoms. The van der Waals surface area contributed by atoms with E-state index in [2.05, 4.69) is 4.84 Å². The van der Waals surface area contributed by atoms with Crippen LogP contribution in [-0.2, 0) is 18.9 Å². The Kier molecular flexibility index (Phi) is 20.7. The van der Waals surface area contributed by atoms with Crippen LogP contribution in [0.15, 0.2) is 0 Å². The standard InChI is InChI=1S/C14H29Cl2NO4/c15-5-3-1-2-4-7-18-9-11-20-13-14-21-12-10-19-8-6-17-16/h17H,1-14H2. The Balaban J connectivity index is 2.90. The molecule has 0 atom stereocenters. The maximum absolute atomic E-state index is 5.60. The van der Waals surface area contributed by atoms with Crippen LogP contribution in [0.2, 0.25) is 0 Å². The van der Waals surface area contributed by atoms with Crippen LogP contribution in [0, 0.1) is 0 Å². The van der Waals surface area contributed by atoms with Crippen molar-refractivity contribution < 1.29 is 18.9 Å². The number of halogens is 2. The molecule has 0 saturated carbocycles. The predicted octanol–water partition coefficient (Wildman–Crippen LogP) is 2.60. The lowest BCUT2D eigenvalue weighted by Crippen LogP contribution is -2.14. The summed E-state index contributed by atoms with van der Waals surface area (Å²) in [6.45, 7) is 5.60. The van der Waals surface area contributed by atoms with E-state index >= 15 is 0 Å². The molecular weight excluding hydrogens is 317 g/mol. The molecule has 1 N–H and O–H groups in total. The zero-order valence-corrected chi connectivity index (χ0v) is 14.3. The predicted molar refractivity (Wildman–Crippen MR) is 86.3 cm³/mol. The fourth-order valence-corrected chi connectivity index (χ4v) is 1.79. The lowest BCUT2D eigenvalue weighted by atomic mass is 10.2. The number of unbranched alkanes of at least 4 members (excludes halogenated alkanes) is 3. The summed E-state index contributed by atoms with van der Waals surface area (Å²) in [5.74, 6) is 0.757. The normalized spacial score (nSPS) is 11.1. The molecule has 0 rings (SSSR count). The first-order valence-corrected chi connectivity index (χ1v) is 8.53. The molecule has 0 radical (unpaired) electrons. The van der Waals surface area contributed by atoms with E-state index in [-0.39, 0.29) is 0 Å². The van der Waals surface area contributed by atoms with Crippen molar-refractivity contribution >= 4 is 23.4 Å². The fraction of sp³-hybridized carbons (Fsp3) is 1.00. The molecule has 0 fully saturated rings. The summed E-state index contributed by atoms with van der Waals surface area (Å²) in [4.78, 5) is 2.49. The first-order valence-electron chi connectivity index (χ1n) is 7.62. The Morgan fingerprint density at radius 2 is 1.05 bits per heavy atom. The molecule has 0 aromatic heterocycles. The van der Waals surface area contributed by atoms with Gasteiger partial charge >= 0.3 is 0 Å². The highest BCUT2D eigenvalue weighted by Gasteiger charge is 1.93. The van der Waals surface area contributed by atoms with E-state index in [1.165, 1.54) is 12.8 Å². The van der Waals surface area contributed by atoms with Crippen molar-refractivity contribution in [2.75, 3.05) is 65.3 Å². The Bertz CT molecular complexity index is 172. The van der Waals surface area contributed by atoms with Crippen molar-refractivity contribution in [2.45, 2.75) is 25.7 Å². The summed E-state index contributed by atoms with van der Waals surface area (Å²) in [6, 6.07) is 0. The fourth-order valence-electron chi connectivity index (χ4n) is 1.52. The van der Waals surface area contributed by atoms with Crippen LogP contribution < -0.4 is 4.84 Å². The summed E-state index contributed by atoms with van der Waals surface area (Å²) in [7, 11) is 0. The van der Waals surface area contributed by atoms with Gasteiger partial charge in [0.25, 0.3) is 0 Å². The summed E-state index contributed by atoms with van der Waals surface area (Å²) in [5, 5.41) is 0. The van der Waals surface area contributed by atoms with Gasteiger partial charge in [-0.2, -0.15) is 0 Å². The SMILES string of the molecule is ClCCCCCCOCCOCCOCCOCCNCl. The van der Waals surface area contributed by atoms with Gasteiger partial charge in [-0.15, -0.1) is 11.6 Å². The maximum atomic E-state index is 5.60. The third-order valence-electron chi connectivity index (χ3n) is 2.63. The van der Waals surface area contributed by atoms with E-state index in [0.29, 0.717) is 52.8 Å². The smallest absolute Gasteiger partial charge is 0.0701 e. The molecule has 0 aromatic rings. The number of nitrogens with one attached hydrogen (secondary N) is 1. The molecule has 128 valence electrons. The number of hydrogen-bond acceptors (Lipinski definition) is 5. The van der Waals surface area contributed by atoms with Crippen LogP contribution in [0.5, 0.6) is 0 Å². The molecule has 0 aliphatic rings. The molecule has 0 aliphatic carbocycles. The minimum atomic E-state index is 0.574. The Morgan fingerprint density at radius 3 is 1.57 bits per heavy atom. The molecule has 0 aromatic carbocycles. The van der Waals surface area contributed by atoms with Gasteiger partial charge in [-0.25, -0.2) is 4.84 Å². The van der Waals surface area contributed by atoms with E-state index < -0.39 is 0 Å². The first-order chi connectivity index (χ1) is 10.4. The second-order valence-electron chi connectivity index (χ2n) is 4.44. The van der Waals surface area contributed by atoms with Gasteiger partial charge in [0.1, 0.15) is 0 Å². The molecule has 0 unspecified atom stereocenters. The first kappa shape index (κ1) is 21.4. The van der Waals surface area contributed by atoms with Crippen molar-refractivity contribution in [3.63, 3.8) is 0 Å². The highest BCUT2D eigenvalue weighted by Crippen LogP contribution is 2.00. The van der Waals surface area contributed by atoms with Gasteiger partial charge in [0.2, 0.25) is 0 Å². The van der Waals surface area contributed by atoms with Crippen molar-refractivity contribution in [3.05, 3.63) is 0 Å². The van der Waals surface area contributed by atoms with Gasteiger partial charge in [-0.3, -0.25) is 0 Å². The molecule has 0 saturated heterocycles. The Labute approximate surface area is 138 Å². The monoisotopic (exact) mass is 345 g/mol. The van der Waals surface area contributed by atoms with E-state index in [1.807, 2.05) is 0 Å². The molecule has 7 heteroatoms. The highest BCUT2D eigenvalue weighted by molar-refractivity contribution is 6.17. The summed E-state index contributed by atoms with van der Waals surface area (Å²) in [5.41, 5.74) is 0. The van der Waals surface area contributed by atoms with Gasteiger partial charge in [0, 0.05) is 19.0 Å². The minimum Gasteiger partial charge on any atom is -0.379 e. The molecular formula is C14H29Cl2NO4. The average Bonchev–Trinajstić information content (AvgIpc) is 2.50. The van der Waals surface area contributed by atoms with Gasteiger partial charge in [-0.1, -0.05) is 12.8 Å². The number of alkyl halides is 1. The maximum Gasteiger partial charge on any atom is 0.0701 e. The van der Waals surface area contributed by atoms with Crippen LogP contribution in [0.4, 0.5) is 0 Å². The van der Waals surface area contributed by atoms with Gasteiger partial charge < -0.3 is 18.9 Å². The van der Waals surface area contributed by atoms with E-state index in [9.17, 15) is 0 Å². The highest BCUT2D eigenvalue weighted by atomic mass is 35.5. The van der Waals surface area contributed by atoms with Crippen LogP contribution in [0.25, 0.3) is 0 Å². The Hall–Kier alpha value is 0.380. The third-order valence-corrected chi connectivity index (χ3v) is 3.09. The van der Waals surface area contributed by atoms with E-state index in [1.54, 1.807) is 0 Å². The second-order valence-corrected chi connectivity index (χ2v) is 5.08. The lowest BCUT2D eigenvalue weighted by Gasteiger charge is -2.07. The third kappa shape index (κ3) is 20.4. The number of ether oxygens (including phenoxy) is 4. The average molecular weight is 346 g/mol. The molecule has 0 heterocycles. The van der Waals surface area contributed by atoms with E-state index in [0.717, 1.165) is 25.3 Å². The minimum absolute atomic E-state index is 0.574. The molecule has 21 heavy (non-hydrogen) atoms. The van der Waals surface area contributed by atoms with Crippen molar-refractivity contribution in [1.82, 2.24) is 4.84 Å². The zero-order valence-electron chi connectivity index (χ0n) is 12.8. The zero-order chi connectivity index (χ0) is 15.4. The summed E-state index contributed by atoms with van der Waals surface area (Å²) in [6.07, 6.45) is 4.57. The van der Waals surface area contributed by atoms with Crippen molar-refractivity contribution in [3.8, 4) is 0 Å². The Morgan fingerprint density at radius 1 is 0.571 bits per heavy atom. The van der Waals surface area contributed by atoms with Crippen LogP contribution >= 0.6 is 23.4 Å². The number of hydrogen-bond donors (Lipinski definition) is 1. The van der Waals surface area contributed by atoms with Crippen LogP contribution in [-0.4, -0.2) is 65.3 Å². The molecule has 0 amide bonds. The van der Waals surface area contributed by atoms with E-state index in [4.69, 9.17) is 42.3 Å². The largest absolute Gasteiger partial charge is 0.379 e. The van der Waals surface area contributed by atoms with Gasteiger partial charge in [0.15, 0.2) is 0 Å². The van der Waals surface area contributed by atoms with Crippen LogP contribution in [0.1, 0.15) is 25.7 Å². The molecule has 5 nitrogen and oxygen atoms in total. The second kappa shape index (κ2) is 20.4. The van der Waals surface area contributed by atoms with Gasteiger partial charge in [0.05, 0.1) is 46.2 Å². The molecule has 0 aliphatic heterocycles. The summed E-state index contributed by atoms with van der Waals surface area (Å²) >= 11 is 10.9. The van der Waals surface area contributed by atoms with Crippen molar-refractivity contribution in [1.29, 1.82) is 0 Å². The lowest BCUT2D eigenvalue weighted by molar-refractivity contribution is -0.00152. The number of rotatable bonds is 18. The molecule has 0 bridgehead atoms. The van der Waals surface area contributed by atoms with Crippen molar-refractivity contribution in [2.24, 2.45) is 0 Å². The quantitative estimate of drug-likeness (QED) is 0.235. The summed E-state index contributed by atoms with van der Waals surface area (Å²) < 4.78 is 21.4. The van der Waals surface area contributed by atoms with Gasteiger partial charge in [-0.05, 0) is 24.6 Å². The topological polar surface area (TPSA) is 49.0 Å². The van der Waals surface area contributed by atoms with Crippen LogP contribution in [0.3, 0.4) is 0 Å².